The molecule has 2 rings (SSSR count). The van der Waals surface area contributed by atoms with Gasteiger partial charge in [0, 0.05) is 24.3 Å². The maximum atomic E-state index is 3.36. The van der Waals surface area contributed by atoms with Gasteiger partial charge >= 0.3 is 0 Å². The first-order chi connectivity index (χ1) is 8.74. The summed E-state index contributed by atoms with van der Waals surface area (Å²) in [5.41, 5.74) is 2.85. The molecule has 0 amide bonds. The Labute approximate surface area is 111 Å². The van der Waals surface area contributed by atoms with Crippen LogP contribution in [-0.4, -0.2) is 19.6 Å². The maximum absolute atomic E-state index is 3.36. The average Bonchev–Trinajstić information content (AvgIpc) is 2.62. The molecule has 0 bridgehead atoms. The van der Waals surface area contributed by atoms with Crippen LogP contribution in [0.3, 0.4) is 0 Å². The van der Waals surface area contributed by atoms with Gasteiger partial charge in [0.25, 0.3) is 0 Å². The zero-order valence-corrected chi connectivity index (χ0v) is 11.9. The second kappa shape index (κ2) is 6.24. The van der Waals surface area contributed by atoms with E-state index in [2.05, 4.69) is 48.3 Å². The molecule has 0 aromatic heterocycles. The highest BCUT2D eigenvalue weighted by Crippen LogP contribution is 2.30. The fourth-order valence-electron chi connectivity index (χ4n) is 2.90. The Morgan fingerprint density at radius 3 is 2.78 bits per heavy atom. The zero-order valence-electron chi connectivity index (χ0n) is 11.9. The predicted molar refractivity (Wildman–Crippen MR) is 79.2 cm³/mol. The van der Waals surface area contributed by atoms with Gasteiger partial charge in [-0.25, -0.2) is 0 Å². The van der Waals surface area contributed by atoms with E-state index >= 15 is 0 Å². The van der Waals surface area contributed by atoms with Crippen LogP contribution in [0.15, 0.2) is 24.3 Å². The molecular formula is C16H26N2. The topological polar surface area (TPSA) is 15.3 Å². The number of benzene rings is 1. The number of nitrogens with zero attached hydrogens (tertiary/aromatic N) is 1. The lowest BCUT2D eigenvalue weighted by atomic mass is 10.0. The van der Waals surface area contributed by atoms with E-state index in [0.717, 1.165) is 0 Å². The molecule has 1 aliphatic rings. The van der Waals surface area contributed by atoms with E-state index in [1.165, 1.54) is 43.5 Å². The van der Waals surface area contributed by atoms with Gasteiger partial charge in [0.1, 0.15) is 0 Å². The van der Waals surface area contributed by atoms with Crippen molar-refractivity contribution in [2.75, 3.05) is 18.5 Å². The summed E-state index contributed by atoms with van der Waals surface area (Å²) in [6, 6.07) is 9.93. The molecule has 1 aromatic carbocycles. The van der Waals surface area contributed by atoms with Gasteiger partial charge in [0.05, 0.1) is 0 Å². The van der Waals surface area contributed by atoms with Gasteiger partial charge in [0.15, 0.2) is 0 Å². The Morgan fingerprint density at radius 2 is 2.00 bits per heavy atom. The molecule has 18 heavy (non-hydrogen) atoms. The van der Waals surface area contributed by atoms with Gasteiger partial charge in [-0.1, -0.05) is 31.0 Å². The highest BCUT2D eigenvalue weighted by molar-refractivity contribution is 5.55. The van der Waals surface area contributed by atoms with E-state index in [-0.39, 0.29) is 0 Å². The molecule has 0 spiro atoms. The summed E-state index contributed by atoms with van der Waals surface area (Å²) in [6.45, 7) is 5.81. The van der Waals surface area contributed by atoms with E-state index < -0.39 is 0 Å². The molecular weight excluding hydrogens is 220 g/mol. The molecule has 1 fully saturated rings. The molecule has 0 saturated carbocycles. The minimum Gasteiger partial charge on any atom is -0.369 e. The summed E-state index contributed by atoms with van der Waals surface area (Å²) in [6.07, 6.45) is 5.40. The number of anilines is 1. The third-order valence-corrected chi connectivity index (χ3v) is 4.20. The number of hydrogen-bond donors (Lipinski definition) is 1. The molecule has 1 aliphatic heterocycles. The van der Waals surface area contributed by atoms with Crippen LogP contribution in [0.4, 0.5) is 5.69 Å². The molecule has 0 radical (unpaired) electrons. The van der Waals surface area contributed by atoms with E-state index in [1.807, 2.05) is 7.05 Å². The van der Waals surface area contributed by atoms with E-state index in [9.17, 15) is 0 Å². The minimum atomic E-state index is 0.414. The van der Waals surface area contributed by atoms with E-state index in [0.29, 0.717) is 12.1 Å². The molecule has 2 heteroatoms. The first-order valence-corrected chi connectivity index (χ1v) is 7.27. The average molecular weight is 246 g/mol. The Bertz CT molecular complexity index is 375. The zero-order chi connectivity index (χ0) is 13.0. The fourth-order valence-corrected chi connectivity index (χ4v) is 2.90. The normalized spacial score (nSPS) is 22.6. The highest BCUT2D eigenvalue weighted by atomic mass is 15.2. The third kappa shape index (κ3) is 2.86. The SMILES string of the molecule is CNC(C)c1ccccc1N1CCCCCC1C. The Kier molecular flexibility index (Phi) is 4.65. The van der Waals surface area contributed by atoms with Crippen LogP contribution in [0.5, 0.6) is 0 Å². The smallest absolute Gasteiger partial charge is 0.0417 e. The molecule has 1 aromatic rings. The molecule has 1 saturated heterocycles. The summed E-state index contributed by atoms with van der Waals surface area (Å²) in [5, 5.41) is 3.36. The van der Waals surface area contributed by atoms with Crippen molar-refractivity contribution in [2.45, 2.75) is 51.6 Å². The Balaban J connectivity index is 2.30. The monoisotopic (exact) mass is 246 g/mol. The van der Waals surface area contributed by atoms with Gasteiger partial charge in [-0.3, -0.25) is 0 Å². The fraction of sp³-hybridized carbons (Fsp3) is 0.625. The quantitative estimate of drug-likeness (QED) is 0.874. The van der Waals surface area contributed by atoms with Crippen molar-refractivity contribution in [1.29, 1.82) is 0 Å². The molecule has 1 N–H and O–H groups in total. The van der Waals surface area contributed by atoms with Gasteiger partial charge in [0.2, 0.25) is 0 Å². The second-order valence-corrected chi connectivity index (χ2v) is 5.46. The van der Waals surface area contributed by atoms with E-state index in [4.69, 9.17) is 0 Å². The van der Waals surface area contributed by atoms with Crippen molar-refractivity contribution in [3.05, 3.63) is 29.8 Å². The van der Waals surface area contributed by atoms with Crippen LogP contribution in [0.2, 0.25) is 0 Å². The first-order valence-electron chi connectivity index (χ1n) is 7.27. The molecule has 2 nitrogen and oxygen atoms in total. The lowest BCUT2D eigenvalue weighted by Gasteiger charge is -2.32. The summed E-state index contributed by atoms with van der Waals surface area (Å²) in [7, 11) is 2.04. The summed E-state index contributed by atoms with van der Waals surface area (Å²) in [5.74, 6) is 0. The molecule has 2 unspecified atom stereocenters. The van der Waals surface area contributed by atoms with Gasteiger partial charge in [-0.05, 0) is 45.4 Å². The van der Waals surface area contributed by atoms with Crippen LogP contribution in [0.1, 0.15) is 51.1 Å². The highest BCUT2D eigenvalue weighted by Gasteiger charge is 2.20. The maximum Gasteiger partial charge on any atom is 0.0417 e. The lowest BCUT2D eigenvalue weighted by Crippen LogP contribution is -2.34. The van der Waals surface area contributed by atoms with Crippen molar-refractivity contribution >= 4 is 5.69 Å². The largest absolute Gasteiger partial charge is 0.369 e. The lowest BCUT2D eigenvalue weighted by molar-refractivity contribution is 0.603. The third-order valence-electron chi connectivity index (χ3n) is 4.20. The molecule has 100 valence electrons. The predicted octanol–water partition coefficient (Wildman–Crippen LogP) is 3.74. The van der Waals surface area contributed by atoms with E-state index in [1.54, 1.807) is 0 Å². The van der Waals surface area contributed by atoms with Crippen LogP contribution >= 0.6 is 0 Å². The van der Waals surface area contributed by atoms with Crippen molar-refractivity contribution in [2.24, 2.45) is 0 Å². The van der Waals surface area contributed by atoms with Crippen molar-refractivity contribution in [1.82, 2.24) is 5.32 Å². The van der Waals surface area contributed by atoms with Crippen LogP contribution in [-0.2, 0) is 0 Å². The summed E-state index contributed by atoms with van der Waals surface area (Å²) < 4.78 is 0. The van der Waals surface area contributed by atoms with Crippen molar-refractivity contribution in [3.63, 3.8) is 0 Å². The number of para-hydroxylation sites is 1. The standard InChI is InChI=1S/C16H26N2/c1-13-9-5-4-8-12-18(13)16-11-7-6-10-15(16)14(2)17-3/h6-7,10-11,13-14,17H,4-5,8-9,12H2,1-3H3. The van der Waals surface area contributed by atoms with Crippen molar-refractivity contribution < 1.29 is 0 Å². The Morgan fingerprint density at radius 1 is 1.22 bits per heavy atom. The molecule has 0 aliphatic carbocycles. The summed E-state index contributed by atoms with van der Waals surface area (Å²) in [4.78, 5) is 2.61. The second-order valence-electron chi connectivity index (χ2n) is 5.46. The minimum absolute atomic E-state index is 0.414. The molecule has 2 atom stereocenters. The van der Waals surface area contributed by atoms with Gasteiger partial charge in [-0.15, -0.1) is 0 Å². The number of nitrogens with one attached hydrogen (secondary N) is 1. The van der Waals surface area contributed by atoms with Crippen LogP contribution in [0, 0.1) is 0 Å². The summed E-state index contributed by atoms with van der Waals surface area (Å²) >= 11 is 0. The Hall–Kier alpha value is -1.02. The van der Waals surface area contributed by atoms with Crippen LogP contribution in [0.25, 0.3) is 0 Å². The first kappa shape index (κ1) is 13.4. The van der Waals surface area contributed by atoms with Crippen LogP contribution < -0.4 is 10.2 Å². The van der Waals surface area contributed by atoms with Gasteiger partial charge in [-0.2, -0.15) is 0 Å². The van der Waals surface area contributed by atoms with Crippen molar-refractivity contribution in [3.8, 4) is 0 Å². The molecule has 1 heterocycles. The number of hydrogen-bond acceptors (Lipinski definition) is 2. The number of rotatable bonds is 3. The van der Waals surface area contributed by atoms with Gasteiger partial charge < -0.3 is 10.2 Å².